The average Bonchev–Trinajstić information content (AvgIpc) is 2.80. The maximum absolute atomic E-state index is 13.2. The first-order chi connectivity index (χ1) is 10.00. The van der Waals surface area contributed by atoms with Crippen molar-refractivity contribution in [3.63, 3.8) is 0 Å². The molecule has 122 valence electrons. The number of hydrogen-bond donors (Lipinski definition) is 1. The SMILES string of the molecule is CC(C)C1=NN(S(=O)(=O)c2ccccc2)[C@@](O)(C(F)(F)F)C1. The highest BCUT2D eigenvalue weighted by Gasteiger charge is 2.65. The fraction of sp³-hybridized carbons (Fsp3) is 0.462. The van der Waals surface area contributed by atoms with Crippen LogP contribution in [0.1, 0.15) is 20.3 Å². The molecule has 2 rings (SSSR count). The van der Waals surface area contributed by atoms with Gasteiger partial charge in [0.25, 0.3) is 15.7 Å². The first-order valence-corrected chi connectivity index (χ1v) is 7.91. The van der Waals surface area contributed by atoms with Crippen LogP contribution in [0.15, 0.2) is 40.3 Å². The fourth-order valence-corrected chi connectivity index (χ4v) is 3.51. The van der Waals surface area contributed by atoms with Gasteiger partial charge in [0, 0.05) is 12.1 Å². The second-order valence-electron chi connectivity index (χ2n) is 5.30. The maximum Gasteiger partial charge on any atom is 0.439 e. The molecule has 1 heterocycles. The number of alkyl halides is 3. The van der Waals surface area contributed by atoms with Crippen LogP contribution < -0.4 is 0 Å². The first kappa shape index (κ1) is 16.8. The number of nitrogens with zero attached hydrogens (tertiary/aromatic N) is 2. The number of aliphatic hydroxyl groups is 1. The molecule has 1 atom stereocenters. The van der Waals surface area contributed by atoms with E-state index in [1.54, 1.807) is 13.8 Å². The fourth-order valence-electron chi connectivity index (χ4n) is 2.03. The summed E-state index contributed by atoms with van der Waals surface area (Å²) in [5.74, 6) is -0.426. The monoisotopic (exact) mass is 336 g/mol. The smallest absolute Gasteiger partial charge is 0.361 e. The zero-order valence-electron chi connectivity index (χ0n) is 11.9. The van der Waals surface area contributed by atoms with Crippen molar-refractivity contribution in [2.24, 2.45) is 11.0 Å². The van der Waals surface area contributed by atoms with Crippen LogP contribution in [-0.2, 0) is 10.0 Å². The van der Waals surface area contributed by atoms with E-state index in [0.717, 1.165) is 12.1 Å². The molecule has 0 saturated heterocycles. The number of rotatable bonds is 3. The highest BCUT2D eigenvalue weighted by Crippen LogP contribution is 2.43. The van der Waals surface area contributed by atoms with E-state index in [9.17, 15) is 26.7 Å². The molecule has 22 heavy (non-hydrogen) atoms. The van der Waals surface area contributed by atoms with Crippen molar-refractivity contribution < 1.29 is 26.7 Å². The van der Waals surface area contributed by atoms with Gasteiger partial charge in [-0.1, -0.05) is 32.0 Å². The van der Waals surface area contributed by atoms with Gasteiger partial charge in [0.15, 0.2) is 0 Å². The van der Waals surface area contributed by atoms with E-state index < -0.39 is 34.3 Å². The first-order valence-electron chi connectivity index (χ1n) is 6.47. The van der Waals surface area contributed by atoms with Crippen molar-refractivity contribution >= 4 is 15.7 Å². The van der Waals surface area contributed by atoms with E-state index >= 15 is 0 Å². The van der Waals surface area contributed by atoms with Gasteiger partial charge in [0.1, 0.15) is 0 Å². The second-order valence-corrected chi connectivity index (χ2v) is 7.07. The summed E-state index contributed by atoms with van der Waals surface area (Å²) in [6.45, 7) is 3.16. The third kappa shape index (κ3) is 2.58. The van der Waals surface area contributed by atoms with Gasteiger partial charge in [-0.3, -0.25) is 0 Å². The summed E-state index contributed by atoms with van der Waals surface area (Å²) in [7, 11) is -4.62. The van der Waals surface area contributed by atoms with Crippen molar-refractivity contribution in [3.05, 3.63) is 30.3 Å². The highest BCUT2D eigenvalue weighted by atomic mass is 32.2. The van der Waals surface area contributed by atoms with Crippen molar-refractivity contribution in [1.29, 1.82) is 0 Å². The standard InChI is InChI=1S/C13H15F3N2O3S/c1-9(2)11-8-12(19,13(14,15)16)18(17-11)22(20,21)10-6-4-3-5-7-10/h3-7,9,19H,8H2,1-2H3/t12-/m0/s1. The minimum Gasteiger partial charge on any atom is -0.361 e. The second kappa shape index (κ2) is 5.24. The van der Waals surface area contributed by atoms with E-state index in [1.807, 2.05) is 0 Å². The molecule has 0 amide bonds. The zero-order chi connectivity index (χ0) is 16.8. The van der Waals surface area contributed by atoms with Crippen LogP contribution in [0.3, 0.4) is 0 Å². The summed E-state index contributed by atoms with van der Waals surface area (Å²) in [6.07, 6.45) is -6.07. The molecule has 0 bridgehead atoms. The van der Waals surface area contributed by atoms with Gasteiger partial charge >= 0.3 is 6.18 Å². The Bertz CT molecular complexity index is 686. The maximum atomic E-state index is 13.2. The third-order valence-corrected chi connectivity index (χ3v) is 5.06. The highest BCUT2D eigenvalue weighted by molar-refractivity contribution is 7.89. The van der Waals surface area contributed by atoms with Gasteiger partial charge in [-0.2, -0.15) is 26.7 Å². The quantitative estimate of drug-likeness (QED) is 0.921. The van der Waals surface area contributed by atoms with E-state index in [4.69, 9.17) is 0 Å². The van der Waals surface area contributed by atoms with Gasteiger partial charge in [-0.05, 0) is 18.1 Å². The molecule has 0 aromatic heterocycles. The van der Waals surface area contributed by atoms with Crippen molar-refractivity contribution in [2.45, 2.75) is 37.1 Å². The summed E-state index contributed by atoms with van der Waals surface area (Å²) in [5.41, 5.74) is -3.60. The molecular weight excluding hydrogens is 321 g/mol. The van der Waals surface area contributed by atoms with E-state index in [0.29, 0.717) is 0 Å². The summed E-state index contributed by atoms with van der Waals surface area (Å²) in [5, 5.41) is 13.6. The molecule has 5 nitrogen and oxygen atoms in total. The molecule has 0 unspecified atom stereocenters. The molecule has 1 aliphatic rings. The molecule has 0 radical (unpaired) electrons. The van der Waals surface area contributed by atoms with Crippen LogP contribution in [0.5, 0.6) is 0 Å². The van der Waals surface area contributed by atoms with E-state index in [2.05, 4.69) is 5.10 Å². The molecule has 0 saturated carbocycles. The van der Waals surface area contributed by atoms with Crippen LogP contribution in [0.25, 0.3) is 0 Å². The lowest BCUT2D eigenvalue weighted by molar-refractivity contribution is -0.291. The van der Waals surface area contributed by atoms with E-state index in [-0.39, 0.29) is 15.0 Å². The number of hydrogen-bond acceptors (Lipinski definition) is 4. The van der Waals surface area contributed by atoms with E-state index in [1.165, 1.54) is 18.2 Å². The van der Waals surface area contributed by atoms with Crippen molar-refractivity contribution in [1.82, 2.24) is 4.41 Å². The minimum absolute atomic E-state index is 0.0284. The summed E-state index contributed by atoms with van der Waals surface area (Å²) in [4.78, 5) is -0.369. The lowest BCUT2D eigenvalue weighted by atomic mass is 10.00. The number of sulfonamides is 1. The molecule has 0 aliphatic carbocycles. The largest absolute Gasteiger partial charge is 0.439 e. The zero-order valence-corrected chi connectivity index (χ0v) is 12.7. The van der Waals surface area contributed by atoms with Crippen molar-refractivity contribution in [2.75, 3.05) is 0 Å². The Morgan fingerprint density at radius 1 is 1.27 bits per heavy atom. The topological polar surface area (TPSA) is 70.0 Å². The molecule has 9 heteroatoms. The van der Waals surface area contributed by atoms with Gasteiger partial charge in [0.2, 0.25) is 0 Å². The molecule has 0 spiro atoms. The predicted octanol–water partition coefficient (Wildman–Crippen LogP) is 2.34. The lowest BCUT2D eigenvalue weighted by Gasteiger charge is -2.33. The summed E-state index contributed by atoms with van der Waals surface area (Å²) < 4.78 is 64.4. The Morgan fingerprint density at radius 3 is 2.27 bits per heavy atom. The van der Waals surface area contributed by atoms with Gasteiger partial charge in [0.05, 0.1) is 4.90 Å². The Morgan fingerprint density at radius 2 is 1.82 bits per heavy atom. The minimum atomic E-state index is -5.17. The lowest BCUT2D eigenvalue weighted by Crippen LogP contribution is -2.56. The van der Waals surface area contributed by atoms with Crippen LogP contribution in [-0.4, -0.2) is 35.6 Å². The Balaban J connectivity index is 2.58. The number of halogens is 3. The van der Waals surface area contributed by atoms with Crippen LogP contribution in [0, 0.1) is 5.92 Å². The Hall–Kier alpha value is -1.61. The molecule has 1 N–H and O–H groups in total. The summed E-state index contributed by atoms with van der Waals surface area (Å²) >= 11 is 0. The van der Waals surface area contributed by atoms with Gasteiger partial charge < -0.3 is 5.11 Å². The summed E-state index contributed by atoms with van der Waals surface area (Å²) in [6, 6.07) is 6.58. The Labute approximate surface area is 126 Å². The molecule has 1 aromatic carbocycles. The van der Waals surface area contributed by atoms with Crippen molar-refractivity contribution in [3.8, 4) is 0 Å². The van der Waals surface area contributed by atoms with Gasteiger partial charge in [-0.25, -0.2) is 0 Å². The molecule has 1 aliphatic heterocycles. The van der Waals surface area contributed by atoms with Crippen LogP contribution >= 0.6 is 0 Å². The third-order valence-electron chi connectivity index (χ3n) is 3.35. The van der Waals surface area contributed by atoms with Crippen LogP contribution in [0.2, 0.25) is 0 Å². The molecular formula is C13H15F3N2O3S. The number of hydrazone groups is 1. The molecule has 0 fully saturated rings. The molecule has 1 aromatic rings. The normalized spacial score (nSPS) is 23.0. The average molecular weight is 336 g/mol. The number of benzene rings is 1. The van der Waals surface area contributed by atoms with Crippen LogP contribution in [0.4, 0.5) is 13.2 Å². The predicted molar refractivity (Wildman–Crippen MR) is 73.4 cm³/mol. The van der Waals surface area contributed by atoms with Gasteiger partial charge in [-0.15, -0.1) is 4.41 Å². The Kier molecular flexibility index (Phi) is 3.99.